The van der Waals surface area contributed by atoms with Crippen LogP contribution < -0.4 is 0 Å². The average Bonchev–Trinajstić information content (AvgIpc) is 2.74. The molecular formula is C14H12BrNO3. The molecule has 2 unspecified atom stereocenters. The van der Waals surface area contributed by atoms with Crippen molar-refractivity contribution in [1.29, 1.82) is 0 Å². The molecule has 1 heterocycles. The Morgan fingerprint density at radius 1 is 1.47 bits per heavy atom. The molecular weight excluding hydrogens is 310 g/mol. The maximum Gasteiger partial charge on any atom is 0.242 e. The van der Waals surface area contributed by atoms with E-state index in [0.29, 0.717) is 12.2 Å². The number of rotatable bonds is 2. The molecule has 0 bridgehead atoms. The second-order valence-corrected chi connectivity index (χ2v) is 6.07. The highest BCUT2D eigenvalue weighted by atomic mass is 79.9. The first kappa shape index (κ1) is 12.4. The summed E-state index contributed by atoms with van der Waals surface area (Å²) >= 11 is 3.45. The fourth-order valence-electron chi connectivity index (χ4n) is 2.56. The summed E-state index contributed by atoms with van der Waals surface area (Å²) in [5.41, 5.74) is 2.56. The number of para-hydroxylation sites is 1. The number of benzene rings is 1. The van der Waals surface area contributed by atoms with E-state index in [1.54, 1.807) is 0 Å². The van der Waals surface area contributed by atoms with Crippen LogP contribution in [0.4, 0.5) is 0 Å². The minimum Gasteiger partial charge on any atom is -0.460 e. The van der Waals surface area contributed by atoms with Crippen molar-refractivity contribution in [2.24, 2.45) is 0 Å². The fourth-order valence-corrected chi connectivity index (χ4v) is 3.00. The maximum atomic E-state index is 11.2. The molecule has 0 N–H and O–H groups in total. The summed E-state index contributed by atoms with van der Waals surface area (Å²) < 4.78 is 5.73. The molecule has 0 aliphatic heterocycles. The molecule has 5 heteroatoms. The summed E-state index contributed by atoms with van der Waals surface area (Å²) in [6.07, 6.45) is 2.22. The van der Waals surface area contributed by atoms with Crippen LogP contribution in [-0.4, -0.2) is 15.8 Å². The van der Waals surface area contributed by atoms with E-state index in [4.69, 9.17) is 4.42 Å². The van der Waals surface area contributed by atoms with E-state index in [9.17, 15) is 10.1 Å². The van der Waals surface area contributed by atoms with Gasteiger partial charge in [-0.3, -0.25) is 10.1 Å². The largest absolute Gasteiger partial charge is 0.460 e. The van der Waals surface area contributed by atoms with Gasteiger partial charge >= 0.3 is 0 Å². The van der Waals surface area contributed by atoms with Crippen LogP contribution in [0, 0.1) is 10.1 Å². The molecule has 1 aliphatic rings. The molecule has 1 aromatic carbocycles. The molecule has 2 atom stereocenters. The lowest BCUT2D eigenvalue weighted by atomic mass is 9.91. The lowest BCUT2D eigenvalue weighted by Crippen LogP contribution is -2.30. The zero-order valence-corrected chi connectivity index (χ0v) is 11.9. The van der Waals surface area contributed by atoms with Gasteiger partial charge in [-0.15, -0.1) is 0 Å². The van der Waals surface area contributed by atoms with E-state index < -0.39 is 6.04 Å². The number of nitrogens with zero attached hydrogens (tertiary/aromatic N) is 1. The summed E-state index contributed by atoms with van der Waals surface area (Å²) in [5, 5.41) is 12.2. The lowest BCUT2D eigenvalue weighted by molar-refractivity contribution is -0.512. The molecule has 0 fully saturated rings. The van der Waals surface area contributed by atoms with E-state index in [-0.39, 0.29) is 9.75 Å². The van der Waals surface area contributed by atoms with E-state index in [2.05, 4.69) is 15.9 Å². The topological polar surface area (TPSA) is 56.3 Å². The molecule has 0 saturated carbocycles. The van der Waals surface area contributed by atoms with Gasteiger partial charge in [-0.2, -0.15) is 0 Å². The van der Waals surface area contributed by atoms with Crippen molar-refractivity contribution < 1.29 is 9.34 Å². The van der Waals surface area contributed by atoms with Crippen LogP contribution in [0.5, 0.6) is 0 Å². The maximum absolute atomic E-state index is 11.2. The third kappa shape index (κ3) is 1.98. The molecule has 19 heavy (non-hydrogen) atoms. The molecule has 98 valence electrons. The van der Waals surface area contributed by atoms with Crippen LogP contribution in [-0.2, 0) is 6.42 Å². The molecule has 0 radical (unpaired) electrons. The molecule has 3 rings (SSSR count). The van der Waals surface area contributed by atoms with Gasteiger partial charge in [0.25, 0.3) is 0 Å². The van der Waals surface area contributed by atoms with Gasteiger partial charge in [0.15, 0.2) is 0 Å². The second kappa shape index (κ2) is 4.49. The SMILES string of the molecule is CC(Br)C1=Cc2c(oc3ccccc23)CC1[N+](=O)[O-]. The number of hydrogen-bond acceptors (Lipinski definition) is 3. The monoisotopic (exact) mass is 321 g/mol. The number of alkyl halides is 1. The van der Waals surface area contributed by atoms with Crippen molar-refractivity contribution in [3.63, 3.8) is 0 Å². The zero-order valence-electron chi connectivity index (χ0n) is 10.3. The third-order valence-corrected chi connectivity index (χ3v) is 4.03. The summed E-state index contributed by atoms with van der Waals surface area (Å²) in [7, 11) is 0. The number of hydrogen-bond donors (Lipinski definition) is 0. The Morgan fingerprint density at radius 2 is 2.21 bits per heavy atom. The highest BCUT2D eigenvalue weighted by Crippen LogP contribution is 2.36. The van der Waals surface area contributed by atoms with E-state index >= 15 is 0 Å². The van der Waals surface area contributed by atoms with Crippen LogP contribution >= 0.6 is 15.9 Å². The predicted octanol–water partition coefficient (Wildman–Crippen LogP) is 3.80. The van der Waals surface area contributed by atoms with Crippen LogP contribution in [0.3, 0.4) is 0 Å². The van der Waals surface area contributed by atoms with Crippen LogP contribution in [0.25, 0.3) is 17.0 Å². The van der Waals surface area contributed by atoms with Gasteiger partial charge in [0.1, 0.15) is 11.3 Å². The van der Waals surface area contributed by atoms with Crippen molar-refractivity contribution >= 4 is 33.0 Å². The van der Waals surface area contributed by atoms with Gasteiger partial charge in [0.05, 0.1) is 6.42 Å². The normalized spacial score (nSPS) is 19.9. The fraction of sp³-hybridized carbons (Fsp3) is 0.286. The van der Waals surface area contributed by atoms with Crippen molar-refractivity contribution in [3.8, 4) is 0 Å². The van der Waals surface area contributed by atoms with Gasteiger partial charge in [0.2, 0.25) is 6.04 Å². The number of furan rings is 1. The van der Waals surface area contributed by atoms with Crippen molar-refractivity contribution in [1.82, 2.24) is 0 Å². The number of nitro groups is 1. The van der Waals surface area contributed by atoms with Crippen LogP contribution in [0.2, 0.25) is 0 Å². The lowest BCUT2D eigenvalue weighted by Gasteiger charge is -2.19. The Hall–Kier alpha value is -1.62. The van der Waals surface area contributed by atoms with E-state index in [1.807, 2.05) is 37.3 Å². The molecule has 1 aliphatic carbocycles. The molecule has 0 saturated heterocycles. The second-order valence-electron chi connectivity index (χ2n) is 4.70. The molecule has 2 aromatic rings. The van der Waals surface area contributed by atoms with E-state index in [1.165, 1.54) is 0 Å². The third-order valence-electron chi connectivity index (χ3n) is 3.50. The number of halogens is 1. The Bertz CT molecular complexity index is 687. The smallest absolute Gasteiger partial charge is 0.242 e. The molecule has 1 aromatic heterocycles. The Labute approximate surface area is 118 Å². The standard InChI is InChI=1S/C14H12BrNO3/c1-8(15)10-6-11-9-4-2-3-5-13(9)19-14(11)7-12(10)16(17)18/h2-6,8,12H,7H2,1H3. The van der Waals surface area contributed by atoms with Gasteiger partial charge in [-0.05, 0) is 19.1 Å². The van der Waals surface area contributed by atoms with Crippen LogP contribution in [0.15, 0.2) is 34.3 Å². The molecule has 0 amide bonds. The molecule has 0 spiro atoms. The Balaban J connectivity index is 2.21. The quantitative estimate of drug-likeness (QED) is 0.480. The molecule has 4 nitrogen and oxygen atoms in total. The first-order valence-corrected chi connectivity index (χ1v) is 6.99. The van der Waals surface area contributed by atoms with Gasteiger partial charge < -0.3 is 4.42 Å². The van der Waals surface area contributed by atoms with Crippen LogP contribution in [0.1, 0.15) is 18.2 Å². The minimum atomic E-state index is -0.706. The van der Waals surface area contributed by atoms with Gasteiger partial charge in [-0.1, -0.05) is 34.1 Å². The van der Waals surface area contributed by atoms with E-state index in [0.717, 1.165) is 22.1 Å². The number of fused-ring (bicyclic) bond motifs is 3. The summed E-state index contributed by atoms with van der Waals surface area (Å²) in [5.74, 6) is 0.708. The van der Waals surface area contributed by atoms with Gasteiger partial charge in [0, 0.05) is 26.3 Å². The van der Waals surface area contributed by atoms with Crippen molar-refractivity contribution in [2.75, 3.05) is 0 Å². The highest BCUT2D eigenvalue weighted by molar-refractivity contribution is 9.09. The minimum absolute atomic E-state index is 0.0234. The first-order valence-electron chi connectivity index (χ1n) is 6.07. The first-order chi connectivity index (χ1) is 9.08. The van der Waals surface area contributed by atoms with Gasteiger partial charge in [-0.25, -0.2) is 0 Å². The summed E-state index contributed by atoms with van der Waals surface area (Å²) in [6, 6.07) is 7.02. The predicted molar refractivity (Wildman–Crippen MR) is 77.1 cm³/mol. The van der Waals surface area contributed by atoms with Crippen molar-refractivity contribution in [3.05, 3.63) is 51.3 Å². The van der Waals surface area contributed by atoms with Crippen molar-refractivity contribution in [2.45, 2.75) is 24.2 Å². The zero-order chi connectivity index (χ0) is 13.6. The summed E-state index contributed by atoms with van der Waals surface area (Å²) in [6.45, 7) is 1.91. The average molecular weight is 322 g/mol. The Morgan fingerprint density at radius 3 is 2.89 bits per heavy atom. The Kier molecular flexibility index (Phi) is 2.93. The highest BCUT2D eigenvalue weighted by Gasteiger charge is 2.35. The summed E-state index contributed by atoms with van der Waals surface area (Å²) in [4.78, 5) is 10.9.